The summed E-state index contributed by atoms with van der Waals surface area (Å²) in [5.74, 6) is -1.19. The van der Waals surface area contributed by atoms with E-state index in [0.29, 0.717) is 71.8 Å². The summed E-state index contributed by atoms with van der Waals surface area (Å²) in [6.07, 6.45) is 2.37. The molecular weight excluding hydrogens is 769 g/mol. The Balaban J connectivity index is 1.06. The van der Waals surface area contributed by atoms with Crippen LogP contribution in [0.15, 0.2) is 93.0 Å². The van der Waals surface area contributed by atoms with Gasteiger partial charge >= 0.3 is 17.8 Å². The first-order valence-electron chi connectivity index (χ1n) is 20.3. The number of carboxylic acid groups (broad SMARTS) is 1. The number of H-pyrrole nitrogens is 1. The number of aromatic amines is 1. The number of anilines is 2. The zero-order valence-electron chi connectivity index (χ0n) is 32.9. The molecule has 1 saturated carbocycles. The lowest BCUT2D eigenvalue weighted by Gasteiger charge is -2.31. The van der Waals surface area contributed by atoms with Crippen LogP contribution in [0.3, 0.4) is 0 Å². The topological polar surface area (TPSA) is 189 Å². The number of hydrogen-bond donors (Lipinski definition) is 2. The summed E-state index contributed by atoms with van der Waals surface area (Å²) >= 11 is 0. The molecule has 0 bridgehead atoms. The molecule has 6 aromatic rings. The number of aromatic nitrogens is 5. The standard InChI is InChI=1S/C44H42N8O8/c1-26-24-44(26,40-46-42(57)60-47-40)52-35-11-10-29(28-13-18-59-19-14-28)22-30(35)23-36(52)39(56)48-15-12-33-34(25-48)45-41(50-17-16-49(43(50)58)31-7-3-2-4-8-31)51(38(33)55)32-9-5-6-27(20-32)21-37(53)54/h2-11,20,22-23,26,28H,12-19,21,24-25H2,1H3,(H,53,54)(H,46,47,57). The van der Waals surface area contributed by atoms with Gasteiger partial charge in [0.2, 0.25) is 5.95 Å². The maximum absolute atomic E-state index is 15.0. The first-order valence-corrected chi connectivity index (χ1v) is 20.3. The molecule has 10 rings (SSSR count). The quantitative estimate of drug-likeness (QED) is 0.205. The number of fused-ring (bicyclic) bond motifs is 2. The number of nitrogens with zero attached hydrogens (tertiary/aromatic N) is 7. The number of urea groups is 1. The Kier molecular flexibility index (Phi) is 9.04. The molecule has 2 N–H and O–H groups in total. The van der Waals surface area contributed by atoms with Crippen molar-refractivity contribution >= 4 is 40.4 Å². The molecule has 0 spiro atoms. The summed E-state index contributed by atoms with van der Waals surface area (Å²) in [5.41, 5.74) is 3.52. The van der Waals surface area contributed by atoms with E-state index in [9.17, 15) is 24.3 Å². The lowest BCUT2D eigenvalue weighted by atomic mass is 9.91. The van der Waals surface area contributed by atoms with Crippen molar-refractivity contribution in [3.63, 3.8) is 0 Å². The smallest absolute Gasteiger partial charge is 0.438 e. The van der Waals surface area contributed by atoms with Gasteiger partial charge in [-0.3, -0.25) is 33.7 Å². The maximum Gasteiger partial charge on any atom is 0.438 e. The van der Waals surface area contributed by atoms with Gasteiger partial charge in [-0.25, -0.2) is 19.1 Å². The molecule has 3 fully saturated rings. The average molecular weight is 811 g/mol. The van der Waals surface area contributed by atoms with E-state index in [1.807, 2.05) is 54.0 Å². The van der Waals surface area contributed by atoms with Crippen molar-refractivity contribution in [3.05, 3.63) is 134 Å². The molecule has 3 aromatic heterocycles. The van der Waals surface area contributed by atoms with Crippen molar-refractivity contribution in [2.45, 2.75) is 57.0 Å². The summed E-state index contributed by atoms with van der Waals surface area (Å²) in [6, 6.07) is 23.7. The van der Waals surface area contributed by atoms with Crippen molar-refractivity contribution in [3.8, 4) is 5.69 Å². The third-order valence-corrected chi connectivity index (χ3v) is 12.6. The first kappa shape index (κ1) is 37.5. The van der Waals surface area contributed by atoms with Crippen LogP contribution in [0.2, 0.25) is 0 Å². The number of nitrogens with one attached hydrogen (secondary N) is 1. The van der Waals surface area contributed by atoms with E-state index in [2.05, 4.69) is 22.3 Å². The van der Waals surface area contributed by atoms with Crippen LogP contribution in [-0.2, 0) is 34.5 Å². The van der Waals surface area contributed by atoms with E-state index >= 15 is 4.79 Å². The second kappa shape index (κ2) is 14.5. The zero-order chi connectivity index (χ0) is 41.3. The van der Waals surface area contributed by atoms with Gasteiger partial charge in [-0.15, -0.1) is 0 Å². The van der Waals surface area contributed by atoms with E-state index in [-0.39, 0.29) is 56.3 Å². The Morgan fingerprint density at radius 1 is 0.917 bits per heavy atom. The highest BCUT2D eigenvalue weighted by atomic mass is 16.5. The molecule has 3 aliphatic heterocycles. The summed E-state index contributed by atoms with van der Waals surface area (Å²) in [5, 5.41) is 14.5. The zero-order valence-corrected chi connectivity index (χ0v) is 32.9. The number of rotatable bonds is 9. The van der Waals surface area contributed by atoms with Crippen molar-refractivity contribution in [2.24, 2.45) is 5.92 Å². The number of carboxylic acids is 1. The van der Waals surface area contributed by atoms with Crippen LogP contribution in [-0.4, -0.2) is 85.0 Å². The Hall–Kier alpha value is -6.81. The lowest BCUT2D eigenvalue weighted by molar-refractivity contribution is -0.136. The SMILES string of the molecule is CC1CC1(c1noc(=O)[nH]1)n1c(C(=O)N2CCc3c(nc(N4CCN(c5ccccc5)C4=O)n(-c4cccc(CC(=O)O)c4)c3=O)C2)cc2cc(C3CCOCC3)ccc21. The lowest BCUT2D eigenvalue weighted by Crippen LogP contribution is -2.43. The van der Waals surface area contributed by atoms with Crippen molar-refractivity contribution in [1.29, 1.82) is 0 Å². The van der Waals surface area contributed by atoms with E-state index in [4.69, 9.17) is 14.2 Å². The van der Waals surface area contributed by atoms with Gasteiger partial charge in [0.1, 0.15) is 11.2 Å². The van der Waals surface area contributed by atoms with Crippen LogP contribution in [0.1, 0.15) is 70.8 Å². The van der Waals surface area contributed by atoms with Crippen LogP contribution < -0.4 is 21.1 Å². The minimum Gasteiger partial charge on any atom is -0.481 e. The van der Waals surface area contributed by atoms with Gasteiger partial charge in [0.25, 0.3) is 11.5 Å². The number of ether oxygens (including phenoxy) is 1. The van der Waals surface area contributed by atoms with Gasteiger partial charge in [0, 0.05) is 55.0 Å². The molecule has 3 amide bonds. The second-order valence-electron chi connectivity index (χ2n) is 16.2. The molecule has 16 heteroatoms. The number of hydrogen-bond acceptors (Lipinski definition) is 9. The van der Waals surface area contributed by atoms with Gasteiger partial charge in [0.05, 0.1) is 24.3 Å². The molecule has 2 saturated heterocycles. The highest BCUT2D eigenvalue weighted by Gasteiger charge is 2.59. The second-order valence-corrected chi connectivity index (χ2v) is 16.2. The molecule has 6 heterocycles. The summed E-state index contributed by atoms with van der Waals surface area (Å²) in [4.78, 5) is 80.4. The van der Waals surface area contributed by atoms with Crippen LogP contribution in [0.4, 0.5) is 16.4 Å². The fourth-order valence-corrected chi connectivity index (χ4v) is 9.45. The maximum atomic E-state index is 15.0. The molecule has 60 heavy (non-hydrogen) atoms. The van der Waals surface area contributed by atoms with Crippen LogP contribution in [0.25, 0.3) is 16.6 Å². The van der Waals surface area contributed by atoms with Gasteiger partial charge in [-0.05, 0) is 91.1 Å². The highest BCUT2D eigenvalue weighted by molar-refractivity contribution is 6.05. The summed E-state index contributed by atoms with van der Waals surface area (Å²) in [7, 11) is 0. The molecule has 2 atom stereocenters. The molecule has 1 aliphatic carbocycles. The number of amides is 3. The summed E-state index contributed by atoms with van der Waals surface area (Å²) in [6.45, 7) is 4.22. The van der Waals surface area contributed by atoms with E-state index in [1.54, 1.807) is 34.1 Å². The minimum absolute atomic E-state index is 0.00106. The van der Waals surface area contributed by atoms with Crippen molar-refractivity contribution in [2.75, 3.05) is 42.6 Å². The Morgan fingerprint density at radius 2 is 1.68 bits per heavy atom. The number of benzene rings is 3. The third-order valence-electron chi connectivity index (χ3n) is 12.6. The van der Waals surface area contributed by atoms with Crippen molar-refractivity contribution < 1.29 is 28.8 Å². The average Bonchev–Trinajstić information content (AvgIpc) is 3.58. The van der Waals surface area contributed by atoms with Crippen LogP contribution in [0, 0.1) is 5.92 Å². The van der Waals surface area contributed by atoms with E-state index in [0.717, 1.165) is 23.7 Å². The molecule has 2 unspecified atom stereocenters. The normalized spacial score (nSPS) is 20.5. The fourth-order valence-electron chi connectivity index (χ4n) is 9.45. The number of aliphatic carboxylic acids is 1. The van der Waals surface area contributed by atoms with E-state index < -0.39 is 22.8 Å². The summed E-state index contributed by atoms with van der Waals surface area (Å²) < 4.78 is 14.0. The van der Waals surface area contributed by atoms with Gasteiger partial charge in [0.15, 0.2) is 5.82 Å². The predicted octanol–water partition coefficient (Wildman–Crippen LogP) is 4.81. The Bertz CT molecular complexity index is 2820. The fraction of sp³-hybridized carbons (Fsp3) is 0.341. The predicted molar refractivity (Wildman–Crippen MR) is 219 cm³/mol. The molecule has 16 nitrogen and oxygen atoms in total. The number of para-hydroxylation sites is 1. The monoisotopic (exact) mass is 810 g/mol. The third kappa shape index (κ3) is 6.20. The largest absolute Gasteiger partial charge is 0.481 e. The van der Waals surface area contributed by atoms with Gasteiger partial charge in [-0.1, -0.05) is 48.5 Å². The highest BCUT2D eigenvalue weighted by Crippen LogP contribution is 2.56. The molecule has 3 aromatic carbocycles. The molecule has 4 aliphatic rings. The van der Waals surface area contributed by atoms with Crippen LogP contribution in [0.5, 0.6) is 0 Å². The Morgan fingerprint density at radius 3 is 2.42 bits per heavy atom. The van der Waals surface area contributed by atoms with Gasteiger partial charge < -0.3 is 19.3 Å². The van der Waals surface area contributed by atoms with Crippen LogP contribution >= 0.6 is 0 Å². The first-order chi connectivity index (χ1) is 29.1. The number of carbonyl (C=O) groups excluding carboxylic acids is 2. The Labute approximate surface area is 342 Å². The molecular formula is C44H42N8O8. The number of carbonyl (C=O) groups is 3. The molecule has 306 valence electrons. The molecule has 0 radical (unpaired) electrons. The minimum atomic E-state index is -1.02. The van der Waals surface area contributed by atoms with E-state index in [1.165, 1.54) is 15.0 Å². The van der Waals surface area contributed by atoms with Crippen molar-refractivity contribution in [1.82, 2.24) is 29.2 Å². The van der Waals surface area contributed by atoms with Gasteiger partial charge in [-0.2, -0.15) is 0 Å².